The number of carbonyl (C=O) groups excluding carboxylic acids is 1. The first kappa shape index (κ1) is 15.4. The number of rotatable bonds is 4. The Morgan fingerprint density at radius 2 is 2.16 bits per heavy atom. The van der Waals surface area contributed by atoms with Crippen molar-refractivity contribution in [2.45, 2.75) is 5.16 Å². The van der Waals surface area contributed by atoms with Gasteiger partial charge in [0.1, 0.15) is 11.8 Å². The van der Waals surface area contributed by atoms with Crippen molar-refractivity contribution in [1.29, 1.82) is 0 Å². The van der Waals surface area contributed by atoms with Gasteiger partial charge in [0.25, 0.3) is 0 Å². The van der Waals surface area contributed by atoms with Gasteiger partial charge in [0, 0.05) is 7.05 Å². The van der Waals surface area contributed by atoms with E-state index < -0.39 is 0 Å². The molecule has 0 fully saturated rings. The molecule has 0 radical (unpaired) electrons. The Balaban J connectivity index is 1.46. The van der Waals surface area contributed by atoms with Gasteiger partial charge in [0.2, 0.25) is 11.9 Å². The topological polar surface area (TPSA) is 127 Å². The molecule has 0 bridgehead atoms. The van der Waals surface area contributed by atoms with Crippen molar-refractivity contribution in [3.8, 4) is 0 Å². The van der Waals surface area contributed by atoms with Crippen molar-refractivity contribution >= 4 is 51.6 Å². The van der Waals surface area contributed by atoms with Crippen LogP contribution in [0.1, 0.15) is 0 Å². The van der Waals surface area contributed by atoms with Crippen LogP contribution >= 0.6 is 11.8 Å². The summed E-state index contributed by atoms with van der Waals surface area (Å²) in [6, 6.07) is 7.70. The number of thioether (sulfide) groups is 1. The number of hydrogen-bond donors (Lipinski definition) is 3. The van der Waals surface area contributed by atoms with Crippen LogP contribution < -0.4 is 11.1 Å². The smallest absolute Gasteiger partial charge is 0.237 e. The van der Waals surface area contributed by atoms with Crippen LogP contribution in [0.5, 0.6) is 0 Å². The maximum atomic E-state index is 12.2. The molecule has 0 atom stereocenters. The van der Waals surface area contributed by atoms with Crippen LogP contribution in [-0.4, -0.2) is 41.1 Å². The fourth-order valence-corrected chi connectivity index (χ4v) is 3.11. The van der Waals surface area contributed by atoms with Crippen LogP contribution in [0.2, 0.25) is 0 Å². The molecule has 3 heterocycles. The SMILES string of the molecule is Cn1c(NC(=O)CSc2nc3ncnc(N)c3[nH]2)nc2ccccc21. The van der Waals surface area contributed by atoms with Gasteiger partial charge >= 0.3 is 0 Å². The molecule has 0 aliphatic rings. The van der Waals surface area contributed by atoms with Gasteiger partial charge in [-0.05, 0) is 12.1 Å². The lowest BCUT2D eigenvalue weighted by atomic mass is 10.3. The standard InChI is InChI=1S/C15H14N8OS/c1-23-9-5-3-2-4-8(9)19-14(23)20-10(24)6-25-15-21-11-12(16)17-7-18-13(11)22-15/h2-5,7H,6H2,1H3,(H,19,20,24)(H3,16,17,18,21,22). The fraction of sp³-hybridized carbons (Fsp3) is 0.133. The van der Waals surface area contributed by atoms with Gasteiger partial charge in [-0.25, -0.2) is 19.9 Å². The number of nitrogens with one attached hydrogen (secondary N) is 2. The summed E-state index contributed by atoms with van der Waals surface area (Å²) >= 11 is 1.26. The maximum absolute atomic E-state index is 12.2. The van der Waals surface area contributed by atoms with Gasteiger partial charge in [0.15, 0.2) is 16.6 Å². The zero-order valence-corrected chi connectivity index (χ0v) is 14.0. The highest BCUT2D eigenvalue weighted by Crippen LogP contribution is 2.21. The van der Waals surface area contributed by atoms with Gasteiger partial charge in [0.05, 0.1) is 16.8 Å². The van der Waals surface area contributed by atoms with Crippen LogP contribution in [0.4, 0.5) is 11.8 Å². The first-order valence-electron chi connectivity index (χ1n) is 7.42. The highest BCUT2D eigenvalue weighted by molar-refractivity contribution is 7.99. The second-order valence-electron chi connectivity index (χ2n) is 5.32. The number of aromatic amines is 1. The van der Waals surface area contributed by atoms with E-state index in [2.05, 4.69) is 30.2 Å². The number of nitrogens with two attached hydrogens (primary N) is 1. The van der Waals surface area contributed by atoms with Crippen LogP contribution in [0, 0.1) is 0 Å². The summed E-state index contributed by atoms with van der Waals surface area (Å²) in [5.74, 6) is 0.832. The number of carbonyl (C=O) groups is 1. The molecule has 25 heavy (non-hydrogen) atoms. The van der Waals surface area contributed by atoms with E-state index in [1.807, 2.05) is 35.9 Å². The molecule has 10 heteroatoms. The largest absolute Gasteiger partial charge is 0.382 e. The summed E-state index contributed by atoms with van der Waals surface area (Å²) in [6.45, 7) is 0. The summed E-state index contributed by atoms with van der Waals surface area (Å²) in [7, 11) is 1.86. The summed E-state index contributed by atoms with van der Waals surface area (Å²) in [6.07, 6.45) is 1.35. The lowest BCUT2D eigenvalue weighted by Crippen LogP contribution is -2.17. The number of nitrogen functional groups attached to an aromatic ring is 1. The van der Waals surface area contributed by atoms with E-state index in [4.69, 9.17) is 5.73 Å². The molecule has 0 aliphatic carbocycles. The highest BCUT2D eigenvalue weighted by Gasteiger charge is 2.13. The Labute approximate surface area is 146 Å². The van der Waals surface area contributed by atoms with Gasteiger partial charge in [-0.2, -0.15) is 0 Å². The molecule has 1 aromatic carbocycles. The summed E-state index contributed by atoms with van der Waals surface area (Å²) < 4.78 is 1.84. The van der Waals surface area contributed by atoms with Gasteiger partial charge < -0.3 is 15.3 Å². The average Bonchev–Trinajstić information content (AvgIpc) is 3.16. The monoisotopic (exact) mass is 354 g/mol. The van der Waals surface area contributed by atoms with Gasteiger partial charge in [-0.1, -0.05) is 23.9 Å². The average molecular weight is 354 g/mol. The van der Waals surface area contributed by atoms with Crippen molar-refractivity contribution < 1.29 is 4.79 Å². The van der Waals surface area contributed by atoms with Crippen molar-refractivity contribution in [3.63, 3.8) is 0 Å². The molecule has 0 saturated heterocycles. The number of para-hydroxylation sites is 2. The van der Waals surface area contributed by atoms with Crippen LogP contribution in [0.15, 0.2) is 35.7 Å². The molecule has 0 aliphatic heterocycles. The Morgan fingerprint density at radius 1 is 1.32 bits per heavy atom. The molecular formula is C15H14N8OS. The van der Waals surface area contributed by atoms with Gasteiger partial charge in [-0.15, -0.1) is 0 Å². The minimum atomic E-state index is -0.178. The molecule has 0 spiro atoms. The zero-order chi connectivity index (χ0) is 17.4. The van der Waals surface area contributed by atoms with E-state index in [0.717, 1.165) is 11.0 Å². The molecular weight excluding hydrogens is 340 g/mol. The lowest BCUT2D eigenvalue weighted by molar-refractivity contribution is -0.113. The number of nitrogens with zero attached hydrogens (tertiary/aromatic N) is 5. The number of imidazole rings is 2. The number of benzene rings is 1. The van der Waals surface area contributed by atoms with E-state index in [1.54, 1.807) is 0 Å². The molecule has 0 unspecified atom stereocenters. The third kappa shape index (κ3) is 2.87. The lowest BCUT2D eigenvalue weighted by Gasteiger charge is -2.04. The van der Waals surface area contributed by atoms with E-state index >= 15 is 0 Å². The molecule has 126 valence electrons. The third-order valence-corrected chi connectivity index (χ3v) is 4.55. The predicted molar refractivity (Wildman–Crippen MR) is 96.2 cm³/mol. The Bertz CT molecular complexity index is 1090. The quantitative estimate of drug-likeness (QED) is 0.474. The predicted octanol–water partition coefficient (Wildman–Crippen LogP) is 1.55. The number of amides is 1. The maximum Gasteiger partial charge on any atom is 0.237 e. The minimum Gasteiger partial charge on any atom is -0.382 e. The number of fused-ring (bicyclic) bond motifs is 2. The number of aryl methyl sites for hydroxylation is 1. The van der Waals surface area contributed by atoms with E-state index in [-0.39, 0.29) is 11.7 Å². The first-order valence-corrected chi connectivity index (χ1v) is 8.40. The Hall–Kier alpha value is -3.14. The molecule has 0 saturated carbocycles. The zero-order valence-electron chi connectivity index (χ0n) is 13.2. The van der Waals surface area contributed by atoms with Crippen molar-refractivity contribution in [3.05, 3.63) is 30.6 Å². The highest BCUT2D eigenvalue weighted by atomic mass is 32.2. The molecule has 1 amide bonds. The Kier molecular flexibility index (Phi) is 3.73. The molecule has 4 N–H and O–H groups in total. The summed E-state index contributed by atoms with van der Waals surface area (Å²) in [5.41, 5.74) is 8.59. The number of hydrogen-bond acceptors (Lipinski definition) is 7. The summed E-state index contributed by atoms with van der Waals surface area (Å²) in [5, 5.41) is 3.37. The molecule has 4 aromatic rings. The van der Waals surface area contributed by atoms with Crippen molar-refractivity contribution in [2.75, 3.05) is 16.8 Å². The molecule has 3 aromatic heterocycles. The van der Waals surface area contributed by atoms with Gasteiger partial charge in [-0.3, -0.25) is 10.1 Å². The Morgan fingerprint density at radius 3 is 2.96 bits per heavy atom. The van der Waals surface area contributed by atoms with Crippen LogP contribution in [0.25, 0.3) is 22.2 Å². The van der Waals surface area contributed by atoms with E-state index in [0.29, 0.717) is 28.1 Å². The van der Waals surface area contributed by atoms with Crippen molar-refractivity contribution in [1.82, 2.24) is 29.5 Å². The second kappa shape index (κ2) is 6.06. The first-order chi connectivity index (χ1) is 12.1. The third-order valence-electron chi connectivity index (χ3n) is 3.67. The number of anilines is 2. The van der Waals surface area contributed by atoms with Crippen LogP contribution in [-0.2, 0) is 11.8 Å². The minimum absolute atomic E-state index is 0.177. The second-order valence-corrected chi connectivity index (χ2v) is 6.28. The molecule has 4 rings (SSSR count). The number of H-pyrrole nitrogens is 1. The fourth-order valence-electron chi connectivity index (χ4n) is 2.45. The number of aromatic nitrogens is 6. The normalized spacial score (nSPS) is 11.2. The van der Waals surface area contributed by atoms with E-state index in [1.165, 1.54) is 18.1 Å². The summed E-state index contributed by atoms with van der Waals surface area (Å²) in [4.78, 5) is 31.9. The van der Waals surface area contributed by atoms with E-state index in [9.17, 15) is 4.79 Å². The van der Waals surface area contributed by atoms with Crippen LogP contribution in [0.3, 0.4) is 0 Å². The van der Waals surface area contributed by atoms with Crippen molar-refractivity contribution in [2.24, 2.45) is 7.05 Å². The molecule has 9 nitrogen and oxygen atoms in total.